The fourth-order valence-corrected chi connectivity index (χ4v) is 3.58. The molecule has 0 saturated carbocycles. The normalized spacial score (nSPS) is 11.9. The average Bonchev–Trinajstić information content (AvgIpc) is 2.77. The Morgan fingerprint density at radius 3 is 2.58 bits per heavy atom. The van der Waals surface area contributed by atoms with Crippen molar-refractivity contribution in [3.05, 3.63) is 40.5 Å². The third-order valence-corrected chi connectivity index (χ3v) is 5.15. The van der Waals surface area contributed by atoms with Crippen molar-refractivity contribution < 1.29 is 14.6 Å². The molecule has 1 atom stereocenters. The number of hydrogen-bond donors (Lipinski definition) is 3. The number of aryl methyl sites for hydroxylation is 1. The van der Waals surface area contributed by atoms with E-state index in [-0.39, 0.29) is 12.6 Å². The van der Waals surface area contributed by atoms with Crippen LogP contribution in [0.1, 0.15) is 31.0 Å². The molecule has 0 amide bonds. The Morgan fingerprint density at radius 2 is 1.90 bits per heavy atom. The maximum atomic E-state index is 9.73. The molecule has 2 aromatic heterocycles. The quantitative estimate of drug-likeness (QED) is 0.427. The lowest BCUT2D eigenvalue weighted by molar-refractivity contribution is 0.268. The molecule has 166 valence electrons. The summed E-state index contributed by atoms with van der Waals surface area (Å²) in [4.78, 5) is 13.8. The van der Waals surface area contributed by atoms with E-state index in [1.165, 1.54) is 0 Å². The minimum atomic E-state index is -0.140. The maximum absolute atomic E-state index is 9.73. The van der Waals surface area contributed by atoms with Crippen LogP contribution < -0.4 is 20.1 Å². The van der Waals surface area contributed by atoms with Crippen molar-refractivity contribution in [1.82, 2.24) is 15.0 Å². The molecule has 3 aromatic rings. The number of nitrogens with zero attached hydrogens (tertiary/aromatic N) is 3. The number of aliphatic hydroxyl groups excluding tert-OH is 1. The summed E-state index contributed by atoms with van der Waals surface area (Å²) in [5.74, 6) is 2.35. The molecule has 0 saturated heterocycles. The zero-order valence-corrected chi connectivity index (χ0v) is 19.0. The van der Waals surface area contributed by atoms with E-state index >= 15 is 0 Å². The van der Waals surface area contributed by atoms with Crippen molar-refractivity contribution in [1.29, 1.82) is 0 Å². The van der Waals surface area contributed by atoms with Crippen LogP contribution in [0.15, 0.2) is 24.3 Å². The molecule has 1 aromatic carbocycles. The minimum absolute atomic E-state index is 0.00923. The van der Waals surface area contributed by atoms with Crippen LogP contribution >= 0.6 is 11.6 Å². The van der Waals surface area contributed by atoms with Gasteiger partial charge >= 0.3 is 0 Å². The van der Waals surface area contributed by atoms with Gasteiger partial charge in [0.15, 0.2) is 5.82 Å². The van der Waals surface area contributed by atoms with Gasteiger partial charge in [-0.3, -0.25) is 0 Å². The summed E-state index contributed by atoms with van der Waals surface area (Å²) in [6.45, 7) is 4.36. The lowest BCUT2D eigenvalue weighted by Crippen LogP contribution is -2.24. The molecule has 31 heavy (non-hydrogen) atoms. The van der Waals surface area contributed by atoms with Gasteiger partial charge in [0.05, 0.1) is 31.9 Å². The summed E-state index contributed by atoms with van der Waals surface area (Å²) < 4.78 is 10.7. The van der Waals surface area contributed by atoms with Crippen LogP contribution in [0.5, 0.6) is 11.5 Å². The Kier molecular flexibility index (Phi) is 7.70. The highest BCUT2D eigenvalue weighted by Crippen LogP contribution is 2.29. The molecule has 3 N–H and O–H groups in total. The number of fused-ring (bicyclic) bond motifs is 1. The van der Waals surface area contributed by atoms with Gasteiger partial charge in [0.25, 0.3) is 0 Å². The number of nitrogens with one attached hydrogen (secondary N) is 2. The van der Waals surface area contributed by atoms with Gasteiger partial charge in [0, 0.05) is 23.9 Å². The highest BCUT2D eigenvalue weighted by Gasteiger charge is 2.16. The third kappa shape index (κ3) is 5.45. The Hall–Kier alpha value is -2.84. The van der Waals surface area contributed by atoms with Gasteiger partial charge in [-0.1, -0.05) is 24.9 Å². The molecule has 0 bridgehead atoms. The first kappa shape index (κ1) is 22.8. The SMILES string of the molecule is CCC[C@@H](CO)Nc1nc(NCc2ccc(OC)cc2OC)nc2c(Cl)cc(C)nc12. The zero-order valence-electron chi connectivity index (χ0n) is 18.2. The lowest BCUT2D eigenvalue weighted by Gasteiger charge is -2.18. The van der Waals surface area contributed by atoms with Crippen molar-refractivity contribution >= 4 is 34.4 Å². The van der Waals surface area contributed by atoms with Crippen LogP contribution in [-0.4, -0.2) is 46.9 Å². The molecular formula is C22H28ClN5O3. The van der Waals surface area contributed by atoms with Crippen LogP contribution in [-0.2, 0) is 6.54 Å². The fourth-order valence-electron chi connectivity index (χ4n) is 3.29. The fraction of sp³-hybridized carbons (Fsp3) is 0.409. The van der Waals surface area contributed by atoms with Gasteiger partial charge in [-0.15, -0.1) is 0 Å². The summed E-state index contributed by atoms with van der Waals surface area (Å²) in [7, 11) is 3.23. The number of halogens is 1. The average molecular weight is 446 g/mol. The van der Waals surface area contributed by atoms with Crippen molar-refractivity contribution in [2.75, 3.05) is 31.5 Å². The number of aromatic nitrogens is 3. The van der Waals surface area contributed by atoms with Gasteiger partial charge in [-0.2, -0.15) is 4.98 Å². The van der Waals surface area contributed by atoms with E-state index in [9.17, 15) is 5.11 Å². The number of methoxy groups -OCH3 is 2. The molecule has 0 spiro atoms. The Bertz CT molecular complexity index is 1050. The van der Waals surface area contributed by atoms with Crippen molar-refractivity contribution in [3.8, 4) is 11.5 Å². The number of anilines is 2. The zero-order chi connectivity index (χ0) is 22.4. The van der Waals surface area contributed by atoms with Gasteiger partial charge in [-0.25, -0.2) is 9.97 Å². The summed E-state index contributed by atoms with van der Waals surface area (Å²) in [5.41, 5.74) is 2.81. The van der Waals surface area contributed by atoms with Crippen LogP contribution in [0.25, 0.3) is 11.0 Å². The first-order chi connectivity index (χ1) is 15.0. The number of rotatable bonds is 10. The van der Waals surface area contributed by atoms with E-state index in [4.69, 9.17) is 21.1 Å². The number of aliphatic hydroxyl groups is 1. The molecule has 9 heteroatoms. The van der Waals surface area contributed by atoms with E-state index in [0.717, 1.165) is 24.1 Å². The first-order valence-electron chi connectivity index (χ1n) is 10.2. The Morgan fingerprint density at radius 1 is 1.10 bits per heavy atom. The van der Waals surface area contributed by atoms with Gasteiger partial charge < -0.3 is 25.2 Å². The standard InChI is InChI=1S/C22H28ClN5O3/c1-5-6-15(12-29)26-21-20-19(17(23)9-13(2)25-20)27-22(28-21)24-11-14-7-8-16(30-3)10-18(14)31-4/h7-10,15,29H,5-6,11-12H2,1-4H3,(H2,24,26,27,28)/t15-/m0/s1. The monoisotopic (exact) mass is 445 g/mol. The highest BCUT2D eigenvalue weighted by molar-refractivity contribution is 6.35. The number of benzene rings is 1. The van der Waals surface area contributed by atoms with E-state index < -0.39 is 0 Å². The first-order valence-corrected chi connectivity index (χ1v) is 10.5. The molecule has 3 rings (SSSR count). The lowest BCUT2D eigenvalue weighted by atomic mass is 10.2. The molecule has 2 heterocycles. The summed E-state index contributed by atoms with van der Waals surface area (Å²) in [6, 6.07) is 7.25. The van der Waals surface area contributed by atoms with Crippen molar-refractivity contribution in [3.63, 3.8) is 0 Å². The Labute approximate surface area is 187 Å². The predicted octanol–water partition coefficient (Wildman–Crippen LogP) is 4.19. The van der Waals surface area contributed by atoms with Crippen molar-refractivity contribution in [2.45, 2.75) is 39.3 Å². The van der Waals surface area contributed by atoms with E-state index in [1.54, 1.807) is 20.3 Å². The summed E-state index contributed by atoms with van der Waals surface area (Å²) in [5, 5.41) is 16.8. The molecule has 8 nitrogen and oxygen atoms in total. The second-order valence-electron chi connectivity index (χ2n) is 7.18. The second-order valence-corrected chi connectivity index (χ2v) is 7.59. The second kappa shape index (κ2) is 10.5. The molecule has 0 unspecified atom stereocenters. The van der Waals surface area contributed by atoms with Crippen molar-refractivity contribution in [2.24, 2.45) is 0 Å². The molecule has 0 radical (unpaired) electrons. The smallest absolute Gasteiger partial charge is 0.225 e. The largest absolute Gasteiger partial charge is 0.497 e. The van der Waals surface area contributed by atoms with E-state index in [2.05, 4.69) is 32.5 Å². The number of ether oxygens (including phenoxy) is 2. The summed E-state index contributed by atoms with van der Waals surface area (Å²) >= 11 is 6.47. The third-order valence-electron chi connectivity index (χ3n) is 4.86. The van der Waals surface area contributed by atoms with E-state index in [1.807, 2.05) is 25.1 Å². The molecule has 0 aliphatic rings. The molecular weight excluding hydrogens is 418 g/mol. The van der Waals surface area contributed by atoms with Gasteiger partial charge in [0.2, 0.25) is 5.95 Å². The predicted molar refractivity (Wildman–Crippen MR) is 123 cm³/mol. The summed E-state index contributed by atoms with van der Waals surface area (Å²) in [6.07, 6.45) is 1.73. The van der Waals surface area contributed by atoms with Crippen LogP contribution in [0.3, 0.4) is 0 Å². The highest BCUT2D eigenvalue weighted by atomic mass is 35.5. The minimum Gasteiger partial charge on any atom is -0.497 e. The van der Waals surface area contributed by atoms with Gasteiger partial charge in [0.1, 0.15) is 22.5 Å². The maximum Gasteiger partial charge on any atom is 0.225 e. The topological polar surface area (TPSA) is 101 Å². The van der Waals surface area contributed by atoms with Crippen LogP contribution in [0.2, 0.25) is 5.02 Å². The van der Waals surface area contributed by atoms with Crippen LogP contribution in [0, 0.1) is 6.92 Å². The van der Waals surface area contributed by atoms with Crippen LogP contribution in [0.4, 0.5) is 11.8 Å². The molecule has 0 fully saturated rings. The van der Waals surface area contributed by atoms with E-state index in [0.29, 0.717) is 45.9 Å². The molecule has 0 aliphatic carbocycles. The van der Waals surface area contributed by atoms with Gasteiger partial charge in [-0.05, 0) is 31.5 Å². The molecule has 0 aliphatic heterocycles. The Balaban J connectivity index is 1.95. The number of pyridine rings is 1. The number of hydrogen-bond acceptors (Lipinski definition) is 8.